The summed E-state index contributed by atoms with van der Waals surface area (Å²) < 4.78 is 0. The average Bonchev–Trinajstić information content (AvgIpc) is 2.65. The molecule has 0 saturated carbocycles. The molecule has 5 heteroatoms. The summed E-state index contributed by atoms with van der Waals surface area (Å²) in [7, 11) is 1.78. The van der Waals surface area contributed by atoms with Crippen molar-refractivity contribution in [2.75, 3.05) is 7.05 Å². The maximum Gasteiger partial charge on any atom is 0.254 e. The van der Waals surface area contributed by atoms with Crippen LogP contribution in [0.5, 0.6) is 0 Å². The van der Waals surface area contributed by atoms with Crippen LogP contribution in [0.25, 0.3) is 0 Å². The number of amides is 2. The standard InChI is InChI=1S/C20H21ClN2O2/c1-4-19(24)22-13-15-5-7-17(8-6-15)20(25)23(3)14(2)16-9-11-18(21)12-10-16/h4-12,14H,1,13H2,2-3H3,(H,22,24)/t14-/m0/s1. The summed E-state index contributed by atoms with van der Waals surface area (Å²) in [4.78, 5) is 25.5. The summed E-state index contributed by atoms with van der Waals surface area (Å²) in [5, 5.41) is 3.37. The molecule has 2 aromatic carbocycles. The number of nitrogens with one attached hydrogen (secondary N) is 1. The van der Waals surface area contributed by atoms with E-state index in [9.17, 15) is 9.59 Å². The minimum Gasteiger partial charge on any atom is -0.348 e. The predicted octanol–water partition coefficient (Wildman–Crippen LogP) is 3.98. The molecule has 0 saturated heterocycles. The first-order valence-electron chi connectivity index (χ1n) is 7.94. The fourth-order valence-electron chi connectivity index (χ4n) is 2.37. The first-order chi connectivity index (χ1) is 11.9. The molecule has 0 aromatic heterocycles. The first-order valence-corrected chi connectivity index (χ1v) is 8.32. The van der Waals surface area contributed by atoms with E-state index >= 15 is 0 Å². The van der Waals surface area contributed by atoms with E-state index in [2.05, 4.69) is 11.9 Å². The highest BCUT2D eigenvalue weighted by molar-refractivity contribution is 6.30. The SMILES string of the molecule is C=CC(=O)NCc1ccc(C(=O)N(C)[C@@H](C)c2ccc(Cl)cc2)cc1. The molecule has 0 radical (unpaired) electrons. The van der Waals surface area contributed by atoms with Crippen LogP contribution in [0.15, 0.2) is 61.2 Å². The summed E-state index contributed by atoms with van der Waals surface area (Å²) >= 11 is 5.91. The molecule has 2 aromatic rings. The molecule has 2 rings (SSSR count). The molecule has 0 fully saturated rings. The van der Waals surface area contributed by atoms with Gasteiger partial charge in [0.2, 0.25) is 5.91 Å². The van der Waals surface area contributed by atoms with Gasteiger partial charge in [-0.1, -0.05) is 42.4 Å². The van der Waals surface area contributed by atoms with E-state index < -0.39 is 0 Å². The van der Waals surface area contributed by atoms with E-state index in [0.717, 1.165) is 11.1 Å². The number of hydrogen-bond donors (Lipinski definition) is 1. The molecule has 0 aliphatic rings. The quantitative estimate of drug-likeness (QED) is 0.796. The molecule has 130 valence electrons. The second-order valence-electron chi connectivity index (χ2n) is 5.76. The Kier molecular flexibility index (Phi) is 6.37. The number of hydrogen-bond acceptors (Lipinski definition) is 2. The van der Waals surface area contributed by atoms with Crippen molar-refractivity contribution < 1.29 is 9.59 Å². The lowest BCUT2D eigenvalue weighted by atomic mass is 10.1. The Morgan fingerprint density at radius 2 is 1.76 bits per heavy atom. The molecule has 0 heterocycles. The zero-order valence-electron chi connectivity index (χ0n) is 14.3. The lowest BCUT2D eigenvalue weighted by Gasteiger charge is -2.25. The van der Waals surface area contributed by atoms with Crippen molar-refractivity contribution in [2.45, 2.75) is 19.5 Å². The van der Waals surface area contributed by atoms with Crippen LogP contribution in [0.1, 0.15) is 34.5 Å². The van der Waals surface area contributed by atoms with Gasteiger partial charge in [0.25, 0.3) is 5.91 Å². The van der Waals surface area contributed by atoms with Gasteiger partial charge >= 0.3 is 0 Å². The summed E-state index contributed by atoms with van der Waals surface area (Å²) in [5.74, 6) is -0.291. The Bertz CT molecular complexity index is 754. The largest absolute Gasteiger partial charge is 0.348 e. The van der Waals surface area contributed by atoms with Gasteiger partial charge in [0, 0.05) is 24.2 Å². The first kappa shape index (κ1) is 18.7. The third kappa shape index (κ3) is 4.94. The van der Waals surface area contributed by atoms with Crippen molar-refractivity contribution in [1.29, 1.82) is 0 Å². The van der Waals surface area contributed by atoms with Gasteiger partial charge in [-0.15, -0.1) is 0 Å². The average molecular weight is 357 g/mol. The lowest BCUT2D eigenvalue weighted by Crippen LogP contribution is -2.29. The van der Waals surface area contributed by atoms with Gasteiger partial charge in [-0.3, -0.25) is 9.59 Å². The van der Waals surface area contributed by atoms with Gasteiger partial charge in [0.05, 0.1) is 6.04 Å². The molecular formula is C20H21ClN2O2. The van der Waals surface area contributed by atoms with Gasteiger partial charge in [-0.2, -0.15) is 0 Å². The van der Waals surface area contributed by atoms with Gasteiger partial charge in [-0.25, -0.2) is 0 Å². The minimum atomic E-state index is -0.225. The topological polar surface area (TPSA) is 49.4 Å². The predicted molar refractivity (Wildman–Crippen MR) is 100 cm³/mol. The van der Waals surface area contributed by atoms with Crippen LogP contribution in [0.3, 0.4) is 0 Å². The van der Waals surface area contributed by atoms with Crippen molar-refractivity contribution in [1.82, 2.24) is 10.2 Å². The van der Waals surface area contributed by atoms with E-state index in [0.29, 0.717) is 17.1 Å². The summed E-state index contributed by atoms with van der Waals surface area (Å²) in [6, 6.07) is 14.6. The van der Waals surface area contributed by atoms with Gasteiger partial charge in [0.1, 0.15) is 0 Å². The smallest absolute Gasteiger partial charge is 0.254 e. The van der Waals surface area contributed by atoms with Crippen molar-refractivity contribution in [3.05, 3.63) is 82.9 Å². The van der Waals surface area contributed by atoms with E-state index in [1.165, 1.54) is 6.08 Å². The molecule has 0 aliphatic heterocycles. The highest BCUT2D eigenvalue weighted by Gasteiger charge is 2.18. The normalized spacial score (nSPS) is 11.5. The Hall–Kier alpha value is -2.59. The molecule has 0 spiro atoms. The van der Waals surface area contributed by atoms with Crippen molar-refractivity contribution in [2.24, 2.45) is 0 Å². The van der Waals surface area contributed by atoms with Crippen LogP contribution < -0.4 is 5.32 Å². The monoisotopic (exact) mass is 356 g/mol. The highest BCUT2D eigenvalue weighted by Crippen LogP contribution is 2.22. The van der Waals surface area contributed by atoms with Gasteiger partial charge in [-0.05, 0) is 48.4 Å². The maximum atomic E-state index is 12.7. The van der Waals surface area contributed by atoms with Crippen LogP contribution in [0.2, 0.25) is 5.02 Å². The van der Waals surface area contributed by atoms with Crippen LogP contribution >= 0.6 is 11.6 Å². The van der Waals surface area contributed by atoms with Crippen LogP contribution in [0.4, 0.5) is 0 Å². The molecule has 4 nitrogen and oxygen atoms in total. The molecule has 2 amide bonds. The number of nitrogens with zero attached hydrogens (tertiary/aromatic N) is 1. The number of carbonyl (C=O) groups is 2. The van der Waals surface area contributed by atoms with Crippen LogP contribution in [-0.2, 0) is 11.3 Å². The Balaban J connectivity index is 2.04. The molecule has 0 unspecified atom stereocenters. The second kappa shape index (κ2) is 8.49. The Morgan fingerprint density at radius 1 is 1.16 bits per heavy atom. The van der Waals surface area contributed by atoms with E-state index in [4.69, 9.17) is 11.6 Å². The highest BCUT2D eigenvalue weighted by atomic mass is 35.5. The van der Waals surface area contributed by atoms with E-state index in [-0.39, 0.29) is 17.9 Å². The van der Waals surface area contributed by atoms with Crippen molar-refractivity contribution in [3.63, 3.8) is 0 Å². The maximum absolute atomic E-state index is 12.7. The molecule has 25 heavy (non-hydrogen) atoms. The lowest BCUT2D eigenvalue weighted by molar-refractivity contribution is -0.116. The van der Waals surface area contributed by atoms with E-state index in [1.54, 1.807) is 24.1 Å². The van der Waals surface area contributed by atoms with Crippen molar-refractivity contribution >= 4 is 23.4 Å². The van der Waals surface area contributed by atoms with Gasteiger partial charge < -0.3 is 10.2 Å². The zero-order chi connectivity index (χ0) is 18.4. The fourth-order valence-corrected chi connectivity index (χ4v) is 2.50. The number of carbonyl (C=O) groups excluding carboxylic acids is 2. The van der Waals surface area contributed by atoms with Gasteiger partial charge in [0.15, 0.2) is 0 Å². The molecule has 1 atom stereocenters. The Morgan fingerprint density at radius 3 is 2.32 bits per heavy atom. The second-order valence-corrected chi connectivity index (χ2v) is 6.20. The minimum absolute atomic E-state index is 0.0656. The number of halogens is 1. The molecular weight excluding hydrogens is 336 g/mol. The van der Waals surface area contributed by atoms with Crippen molar-refractivity contribution in [3.8, 4) is 0 Å². The van der Waals surface area contributed by atoms with Crippen LogP contribution in [-0.4, -0.2) is 23.8 Å². The molecule has 1 N–H and O–H groups in total. The third-order valence-corrected chi connectivity index (χ3v) is 4.36. The zero-order valence-corrected chi connectivity index (χ0v) is 15.1. The van der Waals surface area contributed by atoms with E-state index in [1.807, 2.05) is 43.3 Å². The Labute approximate surface area is 153 Å². The van der Waals surface area contributed by atoms with Crippen LogP contribution in [0, 0.1) is 0 Å². The molecule has 0 aliphatic carbocycles. The summed E-state index contributed by atoms with van der Waals surface area (Å²) in [6.07, 6.45) is 1.23. The number of rotatable bonds is 6. The summed E-state index contributed by atoms with van der Waals surface area (Å²) in [6.45, 7) is 5.78. The number of benzene rings is 2. The third-order valence-electron chi connectivity index (χ3n) is 4.11. The fraction of sp³-hybridized carbons (Fsp3) is 0.200. The molecule has 0 bridgehead atoms. The summed E-state index contributed by atoms with van der Waals surface area (Å²) in [5.41, 5.74) is 2.53.